The van der Waals surface area contributed by atoms with Crippen LogP contribution in [0.25, 0.3) is 5.65 Å². The van der Waals surface area contributed by atoms with Crippen molar-refractivity contribution in [3.63, 3.8) is 0 Å². The molecule has 1 fully saturated rings. The second-order valence-electron chi connectivity index (χ2n) is 5.05. The Morgan fingerprint density at radius 1 is 1.47 bits per heavy atom. The first-order valence-electron chi connectivity index (χ1n) is 6.55. The van der Waals surface area contributed by atoms with Gasteiger partial charge in [0.05, 0.1) is 0 Å². The fraction of sp³-hybridized carbons (Fsp3) is 0.583. The van der Waals surface area contributed by atoms with Crippen LogP contribution in [0.2, 0.25) is 0 Å². The molecule has 0 radical (unpaired) electrons. The van der Waals surface area contributed by atoms with Crippen molar-refractivity contribution in [2.45, 2.75) is 19.3 Å². The molecule has 7 nitrogen and oxygen atoms in total. The zero-order chi connectivity index (χ0) is 13.2. The Morgan fingerprint density at radius 3 is 3.16 bits per heavy atom. The van der Waals surface area contributed by atoms with E-state index in [1.54, 1.807) is 6.07 Å². The van der Waals surface area contributed by atoms with Crippen LogP contribution < -0.4 is 11.0 Å². The van der Waals surface area contributed by atoms with Crippen LogP contribution in [0.3, 0.4) is 0 Å². The highest BCUT2D eigenvalue weighted by Crippen LogP contribution is 2.31. The van der Waals surface area contributed by atoms with E-state index in [-0.39, 0.29) is 12.3 Å². The number of aliphatic hydroxyl groups is 1. The number of rotatable bonds is 4. The summed E-state index contributed by atoms with van der Waals surface area (Å²) in [5, 5.41) is 18.8. The minimum atomic E-state index is -0.287. The fourth-order valence-electron chi connectivity index (χ4n) is 2.76. The first-order chi connectivity index (χ1) is 9.28. The van der Waals surface area contributed by atoms with E-state index in [1.807, 2.05) is 0 Å². The van der Waals surface area contributed by atoms with Gasteiger partial charge in [0.2, 0.25) is 0 Å². The van der Waals surface area contributed by atoms with Gasteiger partial charge in [-0.1, -0.05) is 6.42 Å². The lowest BCUT2D eigenvalue weighted by Crippen LogP contribution is -2.21. The molecular weight excluding hydrogens is 246 g/mol. The van der Waals surface area contributed by atoms with E-state index in [1.165, 1.54) is 17.1 Å². The SMILES string of the molecule is O=c1[nH]nc2cc(NCC3CCCC3CO)ncn12. The molecule has 3 N–H and O–H groups in total. The molecule has 1 aliphatic carbocycles. The van der Waals surface area contributed by atoms with E-state index in [0.29, 0.717) is 23.3 Å². The van der Waals surface area contributed by atoms with Crippen LogP contribution in [0.4, 0.5) is 5.82 Å². The van der Waals surface area contributed by atoms with E-state index in [9.17, 15) is 9.90 Å². The molecule has 0 bridgehead atoms. The molecule has 1 saturated carbocycles. The van der Waals surface area contributed by atoms with Crippen LogP contribution in [0.15, 0.2) is 17.2 Å². The molecule has 0 saturated heterocycles. The Hall–Kier alpha value is -1.89. The number of aromatic amines is 1. The highest BCUT2D eigenvalue weighted by Gasteiger charge is 2.26. The highest BCUT2D eigenvalue weighted by atomic mass is 16.3. The number of aliphatic hydroxyl groups excluding tert-OH is 1. The number of anilines is 1. The van der Waals surface area contributed by atoms with Crippen LogP contribution in [0.1, 0.15) is 19.3 Å². The van der Waals surface area contributed by atoms with Gasteiger partial charge in [0.25, 0.3) is 0 Å². The highest BCUT2D eigenvalue weighted by molar-refractivity contribution is 5.48. The number of fused-ring (bicyclic) bond motifs is 1. The largest absolute Gasteiger partial charge is 0.396 e. The summed E-state index contributed by atoms with van der Waals surface area (Å²) in [6.07, 6.45) is 4.88. The molecule has 0 spiro atoms. The molecule has 2 aromatic heterocycles. The molecular formula is C12H17N5O2. The van der Waals surface area contributed by atoms with Crippen LogP contribution in [0.5, 0.6) is 0 Å². The molecule has 102 valence electrons. The first-order valence-corrected chi connectivity index (χ1v) is 6.55. The van der Waals surface area contributed by atoms with Gasteiger partial charge in [-0.05, 0) is 24.7 Å². The topological polar surface area (TPSA) is 95.3 Å². The maximum Gasteiger partial charge on any atom is 0.348 e. The van der Waals surface area contributed by atoms with Crippen molar-refractivity contribution in [2.75, 3.05) is 18.5 Å². The van der Waals surface area contributed by atoms with Crippen molar-refractivity contribution in [2.24, 2.45) is 11.8 Å². The smallest absolute Gasteiger partial charge is 0.348 e. The Kier molecular flexibility index (Phi) is 3.20. The van der Waals surface area contributed by atoms with Gasteiger partial charge < -0.3 is 10.4 Å². The molecule has 2 heterocycles. The average molecular weight is 263 g/mol. The molecule has 2 unspecified atom stereocenters. The van der Waals surface area contributed by atoms with E-state index in [2.05, 4.69) is 20.5 Å². The van der Waals surface area contributed by atoms with Crippen molar-refractivity contribution in [1.29, 1.82) is 0 Å². The molecule has 1 aliphatic rings. The monoisotopic (exact) mass is 263 g/mol. The van der Waals surface area contributed by atoms with E-state index < -0.39 is 0 Å². The van der Waals surface area contributed by atoms with Crippen molar-refractivity contribution in [3.8, 4) is 0 Å². The van der Waals surface area contributed by atoms with Crippen molar-refractivity contribution in [3.05, 3.63) is 22.9 Å². The average Bonchev–Trinajstić information content (AvgIpc) is 3.03. The summed E-state index contributed by atoms with van der Waals surface area (Å²) in [6.45, 7) is 1.05. The molecule has 7 heteroatoms. The Labute approximate surface area is 109 Å². The van der Waals surface area contributed by atoms with E-state index in [0.717, 1.165) is 19.4 Å². The minimum Gasteiger partial charge on any atom is -0.396 e. The Morgan fingerprint density at radius 2 is 2.32 bits per heavy atom. The third-order valence-electron chi connectivity index (χ3n) is 3.91. The molecule has 2 aromatic rings. The number of hydrogen-bond acceptors (Lipinski definition) is 5. The number of hydrogen-bond donors (Lipinski definition) is 3. The van der Waals surface area contributed by atoms with Gasteiger partial charge in [-0.3, -0.25) is 0 Å². The molecule has 19 heavy (non-hydrogen) atoms. The maximum atomic E-state index is 11.3. The second-order valence-corrected chi connectivity index (χ2v) is 5.05. The summed E-state index contributed by atoms with van der Waals surface area (Å²) in [4.78, 5) is 15.5. The zero-order valence-corrected chi connectivity index (χ0v) is 10.5. The number of nitrogens with one attached hydrogen (secondary N) is 2. The summed E-state index contributed by atoms with van der Waals surface area (Å²) in [6, 6.07) is 1.74. The first kappa shape index (κ1) is 12.2. The standard InChI is InChI=1S/C12H17N5O2/c18-6-9-3-1-2-8(9)5-13-10-4-11-15-16-12(19)17(11)7-14-10/h4,7-9,13,18H,1-3,5-6H2,(H,16,19). The van der Waals surface area contributed by atoms with Crippen LogP contribution in [-0.4, -0.2) is 37.8 Å². The summed E-state index contributed by atoms with van der Waals surface area (Å²) in [5.41, 5.74) is 0.262. The summed E-state index contributed by atoms with van der Waals surface area (Å²) < 4.78 is 1.36. The molecule has 2 atom stereocenters. The third-order valence-corrected chi connectivity index (χ3v) is 3.91. The van der Waals surface area contributed by atoms with Gasteiger partial charge in [-0.25, -0.2) is 19.3 Å². The predicted molar refractivity (Wildman–Crippen MR) is 70.0 cm³/mol. The lowest BCUT2D eigenvalue weighted by molar-refractivity contribution is 0.199. The number of nitrogens with zero attached hydrogens (tertiary/aromatic N) is 3. The minimum absolute atomic E-state index is 0.258. The lowest BCUT2D eigenvalue weighted by Gasteiger charge is -2.17. The van der Waals surface area contributed by atoms with Gasteiger partial charge in [0, 0.05) is 19.2 Å². The summed E-state index contributed by atoms with van der Waals surface area (Å²) in [7, 11) is 0. The molecule has 0 amide bonds. The molecule has 0 aromatic carbocycles. The molecule has 0 aliphatic heterocycles. The number of aromatic nitrogens is 4. The van der Waals surface area contributed by atoms with Crippen molar-refractivity contribution in [1.82, 2.24) is 19.6 Å². The normalized spacial score (nSPS) is 23.0. The predicted octanol–water partition coefficient (Wildman–Crippen LogP) is 0.238. The van der Waals surface area contributed by atoms with Crippen molar-refractivity contribution < 1.29 is 5.11 Å². The Balaban J connectivity index is 1.69. The van der Waals surface area contributed by atoms with E-state index in [4.69, 9.17) is 0 Å². The zero-order valence-electron chi connectivity index (χ0n) is 10.5. The maximum absolute atomic E-state index is 11.3. The number of H-pyrrole nitrogens is 1. The lowest BCUT2D eigenvalue weighted by atomic mass is 9.97. The van der Waals surface area contributed by atoms with Crippen LogP contribution >= 0.6 is 0 Å². The Bertz CT molecular complexity index is 620. The van der Waals surface area contributed by atoms with Gasteiger partial charge >= 0.3 is 5.69 Å². The quantitative estimate of drug-likeness (QED) is 0.734. The fourth-order valence-corrected chi connectivity index (χ4v) is 2.76. The van der Waals surface area contributed by atoms with Crippen molar-refractivity contribution >= 4 is 11.5 Å². The van der Waals surface area contributed by atoms with Gasteiger partial charge in [-0.15, -0.1) is 0 Å². The second kappa shape index (κ2) is 5.00. The summed E-state index contributed by atoms with van der Waals surface area (Å²) >= 11 is 0. The van der Waals surface area contributed by atoms with E-state index >= 15 is 0 Å². The van der Waals surface area contributed by atoms with Crippen LogP contribution in [0, 0.1) is 11.8 Å². The molecule has 3 rings (SSSR count). The van der Waals surface area contributed by atoms with Gasteiger partial charge in [0.15, 0.2) is 5.65 Å². The van der Waals surface area contributed by atoms with Gasteiger partial charge in [0.1, 0.15) is 12.1 Å². The van der Waals surface area contributed by atoms with Gasteiger partial charge in [-0.2, -0.15) is 5.10 Å². The van der Waals surface area contributed by atoms with Crippen LogP contribution in [-0.2, 0) is 0 Å². The summed E-state index contributed by atoms with van der Waals surface area (Å²) in [5.74, 6) is 1.59. The third kappa shape index (κ3) is 2.33.